The molecule has 0 spiro atoms. The molecule has 0 radical (unpaired) electrons. The zero-order chi connectivity index (χ0) is 15.1. The molecule has 0 saturated carbocycles. The van der Waals surface area contributed by atoms with Crippen molar-refractivity contribution in [3.63, 3.8) is 0 Å². The number of rotatable bonds is 1. The molecule has 2 aliphatic heterocycles. The average molecular weight is 281 g/mol. The summed E-state index contributed by atoms with van der Waals surface area (Å²) in [6.45, 7) is 17.2. The van der Waals surface area contributed by atoms with Crippen molar-refractivity contribution in [1.82, 2.24) is 14.7 Å². The molecule has 20 heavy (non-hydrogen) atoms. The van der Waals surface area contributed by atoms with Crippen LogP contribution in [0.5, 0.6) is 0 Å². The third-order valence-corrected chi connectivity index (χ3v) is 4.70. The van der Waals surface area contributed by atoms with Gasteiger partial charge in [-0.1, -0.05) is 0 Å². The van der Waals surface area contributed by atoms with Gasteiger partial charge in [0, 0.05) is 43.3 Å². The Morgan fingerprint density at radius 3 is 1.80 bits per heavy atom. The van der Waals surface area contributed by atoms with Gasteiger partial charge in [-0.25, -0.2) is 4.79 Å². The number of likely N-dealkylation sites (tertiary alicyclic amines) is 1. The molecule has 0 aromatic heterocycles. The summed E-state index contributed by atoms with van der Waals surface area (Å²) in [5, 5.41) is 0. The van der Waals surface area contributed by atoms with Gasteiger partial charge in [0.2, 0.25) is 0 Å². The summed E-state index contributed by atoms with van der Waals surface area (Å²) in [4.78, 5) is 19.2. The summed E-state index contributed by atoms with van der Waals surface area (Å²) in [7, 11) is 0. The Morgan fingerprint density at radius 1 is 0.850 bits per heavy atom. The molecule has 2 saturated heterocycles. The standard InChI is InChI=1S/C16H31N3O/c1-15(2,3)17-9-7-13(8-10-17)18-11-12-19(14(18)20)16(4,5)6/h13H,7-12H2,1-6H3. The fourth-order valence-corrected chi connectivity index (χ4v) is 3.36. The van der Waals surface area contributed by atoms with Gasteiger partial charge < -0.3 is 9.80 Å². The molecule has 0 N–H and O–H groups in total. The summed E-state index contributed by atoms with van der Waals surface area (Å²) in [5.41, 5.74) is 0.190. The Labute approximate surface area is 124 Å². The fraction of sp³-hybridized carbons (Fsp3) is 0.938. The molecule has 2 aliphatic rings. The van der Waals surface area contributed by atoms with E-state index in [0.29, 0.717) is 6.04 Å². The second-order valence-corrected chi connectivity index (χ2v) is 8.19. The second-order valence-electron chi connectivity index (χ2n) is 8.19. The van der Waals surface area contributed by atoms with Crippen LogP contribution in [0.2, 0.25) is 0 Å². The fourth-order valence-electron chi connectivity index (χ4n) is 3.36. The van der Waals surface area contributed by atoms with E-state index in [2.05, 4.69) is 51.3 Å². The molecule has 2 rings (SSSR count). The highest BCUT2D eigenvalue weighted by molar-refractivity contribution is 5.77. The first kappa shape index (κ1) is 15.6. The smallest absolute Gasteiger partial charge is 0.320 e. The van der Waals surface area contributed by atoms with Gasteiger partial charge in [0.25, 0.3) is 0 Å². The zero-order valence-corrected chi connectivity index (χ0v) is 14.1. The van der Waals surface area contributed by atoms with Crippen molar-refractivity contribution in [2.45, 2.75) is 71.5 Å². The molecule has 2 fully saturated rings. The topological polar surface area (TPSA) is 26.8 Å². The van der Waals surface area contributed by atoms with Crippen LogP contribution in [0, 0.1) is 0 Å². The maximum Gasteiger partial charge on any atom is 0.320 e. The predicted molar refractivity (Wildman–Crippen MR) is 82.9 cm³/mol. The van der Waals surface area contributed by atoms with Crippen LogP contribution in [-0.4, -0.2) is 64.0 Å². The summed E-state index contributed by atoms with van der Waals surface area (Å²) < 4.78 is 0. The van der Waals surface area contributed by atoms with E-state index in [9.17, 15) is 4.79 Å². The zero-order valence-electron chi connectivity index (χ0n) is 14.1. The van der Waals surface area contributed by atoms with Crippen LogP contribution in [0.1, 0.15) is 54.4 Å². The lowest BCUT2D eigenvalue weighted by molar-refractivity contribution is 0.0702. The van der Waals surface area contributed by atoms with E-state index in [1.807, 2.05) is 4.90 Å². The van der Waals surface area contributed by atoms with E-state index in [1.165, 1.54) is 0 Å². The highest BCUT2D eigenvalue weighted by Gasteiger charge is 2.40. The van der Waals surface area contributed by atoms with Crippen molar-refractivity contribution >= 4 is 6.03 Å². The van der Waals surface area contributed by atoms with Crippen LogP contribution in [0.25, 0.3) is 0 Å². The van der Waals surface area contributed by atoms with E-state index in [1.54, 1.807) is 0 Å². The lowest BCUT2D eigenvalue weighted by atomic mass is 9.97. The number of hydrogen-bond donors (Lipinski definition) is 0. The molecule has 116 valence electrons. The molecular weight excluding hydrogens is 250 g/mol. The minimum Gasteiger partial charge on any atom is -0.320 e. The Kier molecular flexibility index (Phi) is 4.07. The van der Waals surface area contributed by atoms with Crippen LogP contribution >= 0.6 is 0 Å². The maximum atomic E-state index is 12.6. The van der Waals surface area contributed by atoms with Gasteiger partial charge >= 0.3 is 6.03 Å². The van der Waals surface area contributed by atoms with Gasteiger partial charge in [-0.3, -0.25) is 4.90 Å². The number of amides is 2. The molecule has 0 unspecified atom stereocenters. The van der Waals surface area contributed by atoms with Crippen molar-refractivity contribution in [3.05, 3.63) is 0 Å². The van der Waals surface area contributed by atoms with Gasteiger partial charge in [-0.15, -0.1) is 0 Å². The van der Waals surface area contributed by atoms with Crippen LogP contribution in [0.15, 0.2) is 0 Å². The summed E-state index contributed by atoms with van der Waals surface area (Å²) in [5.74, 6) is 0. The SMILES string of the molecule is CC(C)(C)N1CCC(N2CCN(C(C)(C)C)C2=O)CC1. The lowest BCUT2D eigenvalue weighted by Crippen LogP contribution is -2.52. The van der Waals surface area contributed by atoms with Crippen LogP contribution < -0.4 is 0 Å². The molecule has 0 bridgehead atoms. The highest BCUT2D eigenvalue weighted by Crippen LogP contribution is 2.28. The van der Waals surface area contributed by atoms with Gasteiger partial charge in [-0.2, -0.15) is 0 Å². The molecule has 4 nitrogen and oxygen atoms in total. The summed E-state index contributed by atoms with van der Waals surface area (Å²) in [6.07, 6.45) is 2.22. The Hall–Kier alpha value is -0.770. The van der Waals surface area contributed by atoms with Crippen LogP contribution in [-0.2, 0) is 0 Å². The van der Waals surface area contributed by atoms with E-state index >= 15 is 0 Å². The maximum absolute atomic E-state index is 12.6. The molecule has 0 atom stereocenters. The first-order valence-corrected chi connectivity index (χ1v) is 7.94. The van der Waals surface area contributed by atoms with E-state index in [4.69, 9.17) is 0 Å². The summed E-state index contributed by atoms with van der Waals surface area (Å²) >= 11 is 0. The van der Waals surface area contributed by atoms with Gasteiger partial charge in [0.1, 0.15) is 0 Å². The van der Waals surface area contributed by atoms with Gasteiger partial charge in [0.15, 0.2) is 0 Å². The molecule has 2 heterocycles. The largest absolute Gasteiger partial charge is 0.320 e. The number of carbonyl (C=O) groups excluding carboxylic acids is 1. The predicted octanol–water partition coefficient (Wildman–Crippen LogP) is 2.79. The third-order valence-electron chi connectivity index (χ3n) is 4.70. The van der Waals surface area contributed by atoms with Gasteiger partial charge in [0.05, 0.1) is 0 Å². The number of carbonyl (C=O) groups is 1. The Balaban J connectivity index is 1.94. The third kappa shape index (κ3) is 3.11. The average Bonchev–Trinajstić information content (AvgIpc) is 2.70. The van der Waals surface area contributed by atoms with Crippen molar-refractivity contribution in [1.29, 1.82) is 0 Å². The number of piperidine rings is 1. The van der Waals surface area contributed by atoms with Gasteiger partial charge in [-0.05, 0) is 54.4 Å². The highest BCUT2D eigenvalue weighted by atomic mass is 16.2. The number of hydrogen-bond acceptors (Lipinski definition) is 2. The van der Waals surface area contributed by atoms with E-state index in [0.717, 1.165) is 39.0 Å². The number of urea groups is 1. The van der Waals surface area contributed by atoms with Crippen molar-refractivity contribution in [3.8, 4) is 0 Å². The Morgan fingerprint density at radius 2 is 1.40 bits per heavy atom. The molecule has 0 aromatic rings. The lowest BCUT2D eigenvalue weighted by Gasteiger charge is -2.43. The molecule has 2 amide bonds. The second kappa shape index (κ2) is 5.21. The van der Waals surface area contributed by atoms with E-state index in [-0.39, 0.29) is 17.1 Å². The normalized spacial score (nSPS) is 23.8. The quantitative estimate of drug-likeness (QED) is 0.739. The Bertz CT molecular complexity index is 359. The minimum absolute atomic E-state index is 0.0576. The molecule has 0 aliphatic carbocycles. The first-order valence-electron chi connectivity index (χ1n) is 7.94. The first-order chi connectivity index (χ1) is 9.10. The van der Waals surface area contributed by atoms with Crippen LogP contribution in [0.3, 0.4) is 0 Å². The monoisotopic (exact) mass is 281 g/mol. The van der Waals surface area contributed by atoms with Crippen LogP contribution in [0.4, 0.5) is 4.79 Å². The summed E-state index contributed by atoms with van der Waals surface area (Å²) in [6, 6.07) is 0.681. The van der Waals surface area contributed by atoms with Crippen molar-refractivity contribution < 1.29 is 4.79 Å². The molecular formula is C16H31N3O. The van der Waals surface area contributed by atoms with Crippen molar-refractivity contribution in [2.75, 3.05) is 26.2 Å². The minimum atomic E-state index is -0.0576. The number of nitrogens with zero attached hydrogens (tertiary/aromatic N) is 3. The molecule has 4 heteroatoms. The van der Waals surface area contributed by atoms with Crippen molar-refractivity contribution in [2.24, 2.45) is 0 Å². The van der Waals surface area contributed by atoms with E-state index < -0.39 is 0 Å². The molecule has 0 aromatic carbocycles.